The standard InChI is InChI=1S/C17H18N6O2S/c24-14(19-10-12-6-2-3-7-18-12)13-11-20-16-23(15(13)25)21-17(26-16)22-8-4-1-5-9-22/h2-3,6-7,11H,1,4-5,8-10H2,(H,19,24). The molecule has 0 aromatic carbocycles. The highest BCUT2D eigenvalue weighted by atomic mass is 32.1. The number of nitrogens with zero attached hydrogens (tertiary/aromatic N) is 5. The second-order valence-corrected chi connectivity index (χ2v) is 7.04. The van der Waals surface area contributed by atoms with Crippen LogP contribution >= 0.6 is 11.3 Å². The van der Waals surface area contributed by atoms with E-state index in [9.17, 15) is 9.59 Å². The summed E-state index contributed by atoms with van der Waals surface area (Å²) in [5.41, 5.74) is 0.248. The molecule has 4 rings (SSSR count). The van der Waals surface area contributed by atoms with E-state index in [-0.39, 0.29) is 12.1 Å². The number of anilines is 1. The summed E-state index contributed by atoms with van der Waals surface area (Å²) in [6, 6.07) is 5.45. The van der Waals surface area contributed by atoms with Crippen LogP contribution in [0.3, 0.4) is 0 Å². The van der Waals surface area contributed by atoms with Crippen LogP contribution < -0.4 is 15.8 Å². The SMILES string of the molecule is O=C(NCc1ccccn1)c1cnc2sc(N3CCCCC3)nn2c1=O. The van der Waals surface area contributed by atoms with Gasteiger partial charge in [0.05, 0.1) is 12.2 Å². The average molecular weight is 370 g/mol. The lowest BCUT2D eigenvalue weighted by Crippen LogP contribution is -2.32. The molecule has 1 N–H and O–H groups in total. The molecular formula is C17H18N6O2S. The van der Waals surface area contributed by atoms with Gasteiger partial charge in [-0.15, -0.1) is 5.10 Å². The largest absolute Gasteiger partial charge is 0.347 e. The summed E-state index contributed by atoms with van der Waals surface area (Å²) in [5, 5.41) is 7.87. The second kappa shape index (κ2) is 7.20. The van der Waals surface area contributed by atoms with Crippen LogP contribution in [0.4, 0.5) is 5.13 Å². The molecular weight excluding hydrogens is 352 g/mol. The van der Waals surface area contributed by atoms with Crippen molar-refractivity contribution >= 4 is 27.3 Å². The van der Waals surface area contributed by atoms with Crippen molar-refractivity contribution in [3.8, 4) is 0 Å². The zero-order chi connectivity index (χ0) is 17.9. The lowest BCUT2D eigenvalue weighted by Gasteiger charge is -2.25. The molecule has 0 aliphatic carbocycles. The Morgan fingerprint density at radius 1 is 1.19 bits per heavy atom. The molecule has 8 nitrogen and oxygen atoms in total. The van der Waals surface area contributed by atoms with Gasteiger partial charge in [-0.1, -0.05) is 17.4 Å². The van der Waals surface area contributed by atoms with Crippen LogP contribution in [-0.4, -0.2) is 38.6 Å². The highest BCUT2D eigenvalue weighted by molar-refractivity contribution is 7.20. The van der Waals surface area contributed by atoms with E-state index < -0.39 is 11.5 Å². The summed E-state index contributed by atoms with van der Waals surface area (Å²) < 4.78 is 1.23. The van der Waals surface area contributed by atoms with Crippen LogP contribution in [0.2, 0.25) is 0 Å². The van der Waals surface area contributed by atoms with Gasteiger partial charge in [-0.2, -0.15) is 4.52 Å². The maximum absolute atomic E-state index is 12.6. The Morgan fingerprint density at radius 3 is 2.81 bits per heavy atom. The van der Waals surface area contributed by atoms with Gasteiger partial charge in [-0.05, 0) is 31.4 Å². The minimum absolute atomic E-state index is 0.0195. The van der Waals surface area contributed by atoms with Crippen molar-refractivity contribution in [2.75, 3.05) is 18.0 Å². The fraction of sp³-hybridized carbons (Fsp3) is 0.353. The summed E-state index contributed by atoms with van der Waals surface area (Å²) in [7, 11) is 0. The van der Waals surface area contributed by atoms with Crippen LogP contribution in [-0.2, 0) is 6.54 Å². The lowest BCUT2D eigenvalue weighted by molar-refractivity contribution is 0.0948. The number of piperidine rings is 1. The maximum Gasteiger partial charge on any atom is 0.288 e. The summed E-state index contributed by atoms with van der Waals surface area (Å²) in [6.45, 7) is 2.12. The Morgan fingerprint density at radius 2 is 2.04 bits per heavy atom. The smallest absolute Gasteiger partial charge is 0.288 e. The zero-order valence-corrected chi connectivity index (χ0v) is 14.9. The van der Waals surface area contributed by atoms with E-state index in [1.807, 2.05) is 6.07 Å². The predicted octanol–water partition coefficient (Wildman–Crippen LogP) is 1.47. The summed E-state index contributed by atoms with van der Waals surface area (Å²) in [4.78, 5) is 36.1. The van der Waals surface area contributed by atoms with E-state index in [1.165, 1.54) is 28.5 Å². The van der Waals surface area contributed by atoms with Gasteiger partial charge in [-0.25, -0.2) is 4.98 Å². The third kappa shape index (κ3) is 3.30. The lowest BCUT2D eigenvalue weighted by atomic mass is 10.1. The fourth-order valence-corrected chi connectivity index (χ4v) is 3.83. The van der Waals surface area contributed by atoms with Gasteiger partial charge in [0.2, 0.25) is 10.1 Å². The molecule has 0 bridgehead atoms. The number of nitrogens with one attached hydrogen (secondary N) is 1. The molecule has 0 radical (unpaired) electrons. The summed E-state index contributed by atoms with van der Waals surface area (Å²) in [6.07, 6.45) is 6.45. The molecule has 1 aliphatic rings. The molecule has 0 atom stereocenters. The average Bonchev–Trinajstić information content (AvgIpc) is 3.13. The number of pyridine rings is 1. The third-order valence-electron chi connectivity index (χ3n) is 4.30. The molecule has 1 amide bonds. The van der Waals surface area contributed by atoms with Gasteiger partial charge in [0.25, 0.3) is 11.5 Å². The van der Waals surface area contributed by atoms with Crippen LogP contribution in [0, 0.1) is 0 Å². The fourth-order valence-electron chi connectivity index (χ4n) is 2.91. The first-order valence-corrected chi connectivity index (χ1v) is 9.36. The van der Waals surface area contributed by atoms with Gasteiger partial charge < -0.3 is 10.2 Å². The van der Waals surface area contributed by atoms with Crippen molar-refractivity contribution in [2.45, 2.75) is 25.8 Å². The molecule has 1 saturated heterocycles. The van der Waals surface area contributed by atoms with Gasteiger partial charge >= 0.3 is 0 Å². The van der Waals surface area contributed by atoms with Gasteiger partial charge in [0, 0.05) is 25.5 Å². The van der Waals surface area contributed by atoms with E-state index >= 15 is 0 Å². The minimum Gasteiger partial charge on any atom is -0.347 e. The highest BCUT2D eigenvalue weighted by Gasteiger charge is 2.19. The predicted molar refractivity (Wildman–Crippen MR) is 98.6 cm³/mol. The van der Waals surface area contributed by atoms with Crippen molar-refractivity contribution in [2.24, 2.45) is 0 Å². The first kappa shape index (κ1) is 16.6. The van der Waals surface area contributed by atoms with E-state index in [0.29, 0.717) is 4.96 Å². The molecule has 1 aliphatic heterocycles. The number of carbonyl (C=O) groups is 1. The van der Waals surface area contributed by atoms with E-state index in [0.717, 1.165) is 36.8 Å². The highest BCUT2D eigenvalue weighted by Crippen LogP contribution is 2.24. The Bertz CT molecular complexity index is 978. The molecule has 1 fully saturated rings. The van der Waals surface area contributed by atoms with Crippen molar-refractivity contribution in [3.05, 3.63) is 52.2 Å². The first-order valence-electron chi connectivity index (χ1n) is 8.54. The third-order valence-corrected chi connectivity index (χ3v) is 5.29. The van der Waals surface area contributed by atoms with Crippen LogP contribution in [0.5, 0.6) is 0 Å². The second-order valence-electron chi connectivity index (χ2n) is 6.11. The summed E-state index contributed by atoms with van der Waals surface area (Å²) >= 11 is 1.37. The van der Waals surface area contributed by atoms with E-state index in [4.69, 9.17) is 0 Å². The Hall–Kier alpha value is -2.81. The number of hydrogen-bond donors (Lipinski definition) is 1. The quantitative estimate of drug-likeness (QED) is 0.748. The van der Waals surface area contributed by atoms with Crippen LogP contribution in [0.1, 0.15) is 35.3 Å². The molecule has 3 aromatic rings. The molecule has 0 spiro atoms. The number of carbonyl (C=O) groups excluding carboxylic acids is 1. The maximum atomic E-state index is 12.6. The number of rotatable bonds is 4. The Balaban J connectivity index is 1.56. The van der Waals surface area contributed by atoms with E-state index in [2.05, 4.69) is 25.3 Å². The van der Waals surface area contributed by atoms with Crippen LogP contribution in [0.15, 0.2) is 35.4 Å². The van der Waals surface area contributed by atoms with Crippen molar-refractivity contribution < 1.29 is 4.79 Å². The topological polar surface area (TPSA) is 92.5 Å². The monoisotopic (exact) mass is 370 g/mol. The molecule has 26 heavy (non-hydrogen) atoms. The minimum atomic E-state index is -0.477. The van der Waals surface area contributed by atoms with Gasteiger partial charge in [0.15, 0.2) is 0 Å². The molecule has 9 heteroatoms. The number of fused-ring (bicyclic) bond motifs is 1. The molecule has 3 aromatic heterocycles. The van der Waals surface area contributed by atoms with Gasteiger partial charge in [-0.3, -0.25) is 14.6 Å². The van der Waals surface area contributed by atoms with Crippen molar-refractivity contribution in [1.29, 1.82) is 0 Å². The number of aromatic nitrogens is 4. The zero-order valence-electron chi connectivity index (χ0n) is 14.1. The number of hydrogen-bond acceptors (Lipinski definition) is 7. The normalized spacial score (nSPS) is 14.5. The first-order chi connectivity index (χ1) is 12.7. The molecule has 4 heterocycles. The number of amides is 1. The molecule has 0 saturated carbocycles. The van der Waals surface area contributed by atoms with Gasteiger partial charge in [0.1, 0.15) is 5.56 Å². The molecule has 134 valence electrons. The van der Waals surface area contributed by atoms with Crippen molar-refractivity contribution in [1.82, 2.24) is 24.9 Å². The van der Waals surface area contributed by atoms with Crippen molar-refractivity contribution in [3.63, 3.8) is 0 Å². The Labute approximate surface area is 153 Å². The summed E-state index contributed by atoms with van der Waals surface area (Å²) in [5.74, 6) is -0.477. The van der Waals surface area contributed by atoms with E-state index in [1.54, 1.807) is 18.3 Å². The Kier molecular flexibility index (Phi) is 4.61. The van der Waals surface area contributed by atoms with Crippen LogP contribution in [0.25, 0.3) is 4.96 Å². The molecule has 0 unspecified atom stereocenters.